The Kier molecular flexibility index (Phi) is 9.13. The van der Waals surface area contributed by atoms with Crippen LogP contribution in [0, 0.1) is 0 Å². The van der Waals surface area contributed by atoms with E-state index in [9.17, 15) is 14.7 Å². The van der Waals surface area contributed by atoms with Crippen LogP contribution in [-0.4, -0.2) is 65.0 Å². The van der Waals surface area contributed by atoms with E-state index in [2.05, 4.69) is 29.2 Å². The van der Waals surface area contributed by atoms with Gasteiger partial charge in [0.15, 0.2) is 0 Å². The van der Waals surface area contributed by atoms with Gasteiger partial charge in [-0.1, -0.05) is 37.1 Å². The molecule has 1 aromatic rings. The topological polar surface area (TPSA) is 107 Å². The summed E-state index contributed by atoms with van der Waals surface area (Å²) in [6.45, 7) is 4.14. The fourth-order valence-electron chi connectivity index (χ4n) is 3.53. The van der Waals surface area contributed by atoms with Gasteiger partial charge in [-0.3, -0.25) is 4.90 Å². The number of benzene rings is 1. The van der Waals surface area contributed by atoms with Crippen LogP contribution in [0.5, 0.6) is 0 Å². The Labute approximate surface area is 165 Å². The number of aliphatic carboxylic acids is 2. The van der Waals surface area contributed by atoms with Crippen LogP contribution in [0.15, 0.2) is 36.4 Å². The number of hydrogen-bond donors (Lipinski definition) is 3. The first-order chi connectivity index (χ1) is 13.5. The Morgan fingerprint density at radius 1 is 1.04 bits per heavy atom. The van der Waals surface area contributed by atoms with E-state index < -0.39 is 11.9 Å². The molecule has 0 radical (unpaired) electrons. The average molecular weight is 391 g/mol. The second-order valence-electron chi connectivity index (χ2n) is 7.09. The molecule has 1 aliphatic carbocycles. The molecular weight excluding hydrogens is 362 g/mol. The largest absolute Gasteiger partial charge is 0.478 e. The average Bonchev–Trinajstić information content (AvgIpc) is 3.23. The number of hydrogen-bond acceptors (Lipinski definition) is 5. The van der Waals surface area contributed by atoms with Crippen molar-refractivity contribution >= 4 is 11.9 Å². The van der Waals surface area contributed by atoms with Crippen LogP contribution >= 0.6 is 0 Å². The Balaban J connectivity index is 0.000000300. The van der Waals surface area contributed by atoms with E-state index >= 15 is 0 Å². The monoisotopic (exact) mass is 391 g/mol. The molecule has 0 bridgehead atoms. The third-order valence-corrected chi connectivity index (χ3v) is 5.05. The third kappa shape index (κ3) is 7.80. The number of ether oxygens (including phenoxy) is 1. The van der Waals surface area contributed by atoms with Crippen molar-refractivity contribution in [3.63, 3.8) is 0 Å². The number of carbonyl (C=O) groups is 2. The minimum absolute atomic E-state index is 0.384. The van der Waals surface area contributed by atoms with Crippen molar-refractivity contribution in [1.82, 2.24) is 4.90 Å². The minimum atomic E-state index is -1.26. The Morgan fingerprint density at radius 2 is 1.57 bits per heavy atom. The fraction of sp³-hybridized carbons (Fsp3) is 0.524. The van der Waals surface area contributed by atoms with Crippen LogP contribution in [0.1, 0.15) is 48.8 Å². The highest BCUT2D eigenvalue weighted by Gasteiger charge is 2.19. The van der Waals surface area contributed by atoms with Gasteiger partial charge in [-0.05, 0) is 29.9 Å². The summed E-state index contributed by atoms with van der Waals surface area (Å²) >= 11 is 0. The van der Waals surface area contributed by atoms with Crippen LogP contribution < -0.4 is 0 Å². The Bertz CT molecular complexity index is 629. The number of β-amino-alcohol motifs (C(OH)–C–C–N with tert-alkyl or cyclic N) is 1. The first kappa shape index (κ1) is 22.1. The summed E-state index contributed by atoms with van der Waals surface area (Å²) in [5.41, 5.74) is 2.49. The lowest BCUT2D eigenvalue weighted by Gasteiger charge is -2.28. The molecular formula is C21H29NO6. The summed E-state index contributed by atoms with van der Waals surface area (Å²) in [6, 6.07) is 8.65. The van der Waals surface area contributed by atoms with Crippen molar-refractivity contribution in [2.45, 2.75) is 37.7 Å². The lowest BCUT2D eigenvalue weighted by Crippen LogP contribution is -2.38. The molecule has 154 valence electrons. The van der Waals surface area contributed by atoms with Crippen LogP contribution in [0.25, 0.3) is 0 Å². The number of rotatable bonds is 6. The first-order valence-electron chi connectivity index (χ1n) is 9.67. The smallest absolute Gasteiger partial charge is 0.328 e. The molecule has 1 unspecified atom stereocenters. The summed E-state index contributed by atoms with van der Waals surface area (Å²) < 4.78 is 5.34. The van der Waals surface area contributed by atoms with E-state index in [1.54, 1.807) is 0 Å². The molecule has 3 N–H and O–H groups in total. The van der Waals surface area contributed by atoms with E-state index in [0.29, 0.717) is 18.7 Å². The zero-order chi connectivity index (χ0) is 20.4. The van der Waals surface area contributed by atoms with Gasteiger partial charge in [0, 0.05) is 31.8 Å². The standard InChI is InChI=1S/C17H25NO2.C4H4O4/c19-17(13-18-9-11-20-12-10-18)16-7-5-15(6-8-16)14-3-1-2-4-14;5-3(6)1-2-4(7)8/h5-8,14,17,19H,1-4,9-13H2;1-2H,(H,5,6)(H,7,8)/b;2-1+. The molecule has 0 aromatic heterocycles. The number of aliphatic hydroxyl groups excluding tert-OH is 1. The van der Waals surface area contributed by atoms with Gasteiger partial charge in [0.05, 0.1) is 19.3 Å². The van der Waals surface area contributed by atoms with Crippen molar-refractivity contribution < 1.29 is 29.6 Å². The lowest BCUT2D eigenvalue weighted by atomic mass is 9.95. The number of aliphatic hydroxyl groups is 1. The highest BCUT2D eigenvalue weighted by atomic mass is 16.5. The highest BCUT2D eigenvalue weighted by Crippen LogP contribution is 2.34. The molecule has 0 amide bonds. The van der Waals surface area contributed by atoms with Crippen LogP contribution in [-0.2, 0) is 14.3 Å². The van der Waals surface area contributed by atoms with Crippen LogP contribution in [0.3, 0.4) is 0 Å². The second kappa shape index (κ2) is 11.6. The predicted octanol–water partition coefficient (Wildman–Crippen LogP) is 2.42. The van der Waals surface area contributed by atoms with Crippen molar-refractivity contribution in [2.24, 2.45) is 0 Å². The summed E-state index contributed by atoms with van der Waals surface area (Å²) in [5.74, 6) is -1.76. The summed E-state index contributed by atoms with van der Waals surface area (Å²) in [7, 11) is 0. The molecule has 1 saturated heterocycles. The molecule has 1 heterocycles. The molecule has 7 nitrogen and oxygen atoms in total. The van der Waals surface area contributed by atoms with Gasteiger partial charge in [0.25, 0.3) is 0 Å². The molecule has 1 atom stereocenters. The number of carboxylic acids is 2. The summed E-state index contributed by atoms with van der Waals surface area (Å²) in [4.78, 5) is 21.4. The summed E-state index contributed by atoms with van der Waals surface area (Å²) in [5, 5.41) is 26.0. The minimum Gasteiger partial charge on any atom is -0.478 e. The quantitative estimate of drug-likeness (QED) is 0.639. The van der Waals surface area contributed by atoms with E-state index in [1.165, 1.54) is 31.2 Å². The van der Waals surface area contributed by atoms with Crippen molar-refractivity contribution in [3.8, 4) is 0 Å². The van der Waals surface area contributed by atoms with Gasteiger partial charge in [0.1, 0.15) is 0 Å². The molecule has 3 rings (SSSR count). The third-order valence-electron chi connectivity index (χ3n) is 5.05. The van der Waals surface area contributed by atoms with E-state index in [0.717, 1.165) is 37.8 Å². The maximum Gasteiger partial charge on any atom is 0.328 e. The van der Waals surface area contributed by atoms with Gasteiger partial charge in [-0.2, -0.15) is 0 Å². The Morgan fingerprint density at radius 3 is 2.07 bits per heavy atom. The van der Waals surface area contributed by atoms with Crippen molar-refractivity contribution in [3.05, 3.63) is 47.5 Å². The normalized spacial score (nSPS) is 19.2. The van der Waals surface area contributed by atoms with Crippen LogP contribution in [0.2, 0.25) is 0 Å². The maximum absolute atomic E-state index is 10.3. The van der Waals surface area contributed by atoms with Gasteiger partial charge in [0.2, 0.25) is 0 Å². The molecule has 1 saturated carbocycles. The number of nitrogens with zero attached hydrogens (tertiary/aromatic N) is 1. The number of carboxylic acid groups (broad SMARTS) is 2. The molecule has 2 aliphatic rings. The molecule has 2 fully saturated rings. The zero-order valence-electron chi connectivity index (χ0n) is 16.0. The number of morpholine rings is 1. The molecule has 7 heteroatoms. The van der Waals surface area contributed by atoms with Gasteiger partial charge >= 0.3 is 11.9 Å². The fourth-order valence-corrected chi connectivity index (χ4v) is 3.53. The van der Waals surface area contributed by atoms with Gasteiger partial charge in [-0.15, -0.1) is 0 Å². The molecule has 1 aromatic carbocycles. The van der Waals surface area contributed by atoms with Crippen molar-refractivity contribution in [2.75, 3.05) is 32.8 Å². The van der Waals surface area contributed by atoms with E-state index in [-0.39, 0.29) is 6.10 Å². The molecule has 28 heavy (non-hydrogen) atoms. The van der Waals surface area contributed by atoms with Crippen molar-refractivity contribution in [1.29, 1.82) is 0 Å². The van der Waals surface area contributed by atoms with E-state index in [4.69, 9.17) is 14.9 Å². The highest BCUT2D eigenvalue weighted by molar-refractivity contribution is 5.89. The van der Waals surface area contributed by atoms with Crippen LogP contribution in [0.4, 0.5) is 0 Å². The summed E-state index contributed by atoms with van der Waals surface area (Å²) in [6.07, 6.45) is 6.12. The van der Waals surface area contributed by atoms with E-state index in [1.807, 2.05) is 0 Å². The van der Waals surface area contributed by atoms with Gasteiger partial charge < -0.3 is 20.1 Å². The SMILES string of the molecule is O=C(O)/C=C/C(=O)O.OC(CN1CCOCC1)c1ccc(C2CCCC2)cc1. The molecule has 0 spiro atoms. The molecule has 1 aliphatic heterocycles. The predicted molar refractivity (Wildman–Crippen MR) is 104 cm³/mol. The first-order valence-corrected chi connectivity index (χ1v) is 9.67. The van der Waals surface area contributed by atoms with Gasteiger partial charge in [-0.25, -0.2) is 9.59 Å². The zero-order valence-corrected chi connectivity index (χ0v) is 16.0. The maximum atomic E-state index is 10.3. The second-order valence-corrected chi connectivity index (χ2v) is 7.09. The lowest BCUT2D eigenvalue weighted by molar-refractivity contribution is -0.134. The Hall–Kier alpha value is -2.22.